The third-order valence-corrected chi connectivity index (χ3v) is 5.78. The number of rotatable bonds is 8. The number of thiazole rings is 1. The zero-order chi connectivity index (χ0) is 20.6. The lowest BCUT2D eigenvalue weighted by Crippen LogP contribution is -2.38. The maximum atomic E-state index is 5.36. The van der Waals surface area contributed by atoms with Gasteiger partial charge in [0.2, 0.25) is 0 Å². The molecule has 0 saturated heterocycles. The van der Waals surface area contributed by atoms with Crippen LogP contribution in [0.4, 0.5) is 0 Å². The van der Waals surface area contributed by atoms with Gasteiger partial charge in [0.25, 0.3) is 0 Å². The van der Waals surface area contributed by atoms with E-state index in [2.05, 4.69) is 56.8 Å². The zero-order valence-electron chi connectivity index (χ0n) is 17.6. The molecule has 1 unspecified atom stereocenters. The lowest BCUT2D eigenvalue weighted by molar-refractivity contribution is 0.119. The SMILES string of the molecule is CCNC(=NCCc1cccc2cccnc12)N(C)Cc1csc(C(C)OC)n1. The van der Waals surface area contributed by atoms with E-state index in [0.717, 1.165) is 35.1 Å². The monoisotopic (exact) mass is 411 g/mol. The molecule has 1 aromatic carbocycles. The molecule has 0 bridgehead atoms. The van der Waals surface area contributed by atoms with Gasteiger partial charge in [-0.15, -0.1) is 11.3 Å². The molecule has 3 aromatic rings. The average Bonchev–Trinajstić information content (AvgIpc) is 3.21. The first-order valence-corrected chi connectivity index (χ1v) is 10.8. The van der Waals surface area contributed by atoms with Gasteiger partial charge in [0.15, 0.2) is 5.96 Å². The van der Waals surface area contributed by atoms with Crippen LogP contribution in [0.2, 0.25) is 0 Å². The number of guanidine groups is 1. The minimum absolute atomic E-state index is 0.0234. The van der Waals surface area contributed by atoms with E-state index in [9.17, 15) is 0 Å². The Morgan fingerprint density at radius 3 is 2.93 bits per heavy atom. The molecule has 0 radical (unpaired) electrons. The number of para-hydroxylation sites is 1. The van der Waals surface area contributed by atoms with Crippen LogP contribution in [0.5, 0.6) is 0 Å². The van der Waals surface area contributed by atoms with Crippen molar-refractivity contribution in [1.29, 1.82) is 0 Å². The molecule has 7 heteroatoms. The van der Waals surface area contributed by atoms with E-state index in [1.54, 1.807) is 18.4 Å². The summed E-state index contributed by atoms with van der Waals surface area (Å²) in [5.74, 6) is 0.884. The van der Waals surface area contributed by atoms with E-state index in [1.807, 2.05) is 26.2 Å². The summed E-state index contributed by atoms with van der Waals surface area (Å²) < 4.78 is 5.36. The molecule has 6 nitrogen and oxygen atoms in total. The van der Waals surface area contributed by atoms with Crippen molar-refractivity contribution in [2.75, 3.05) is 27.2 Å². The average molecular weight is 412 g/mol. The van der Waals surface area contributed by atoms with E-state index in [0.29, 0.717) is 13.1 Å². The van der Waals surface area contributed by atoms with E-state index in [4.69, 9.17) is 9.73 Å². The normalized spacial score (nSPS) is 12.9. The Labute approximate surface area is 176 Å². The molecule has 0 fully saturated rings. The number of methoxy groups -OCH3 is 1. The van der Waals surface area contributed by atoms with Gasteiger partial charge in [-0.1, -0.05) is 24.3 Å². The molecule has 1 atom stereocenters. The van der Waals surface area contributed by atoms with E-state index in [-0.39, 0.29) is 6.10 Å². The second-order valence-electron chi connectivity index (χ2n) is 6.89. The summed E-state index contributed by atoms with van der Waals surface area (Å²) in [6, 6.07) is 10.4. The summed E-state index contributed by atoms with van der Waals surface area (Å²) in [7, 11) is 3.75. The highest BCUT2D eigenvalue weighted by Crippen LogP contribution is 2.21. The van der Waals surface area contributed by atoms with Crippen LogP contribution >= 0.6 is 11.3 Å². The Balaban J connectivity index is 1.66. The van der Waals surface area contributed by atoms with Gasteiger partial charge in [-0.25, -0.2) is 4.98 Å². The van der Waals surface area contributed by atoms with Crippen molar-refractivity contribution in [1.82, 2.24) is 20.2 Å². The second kappa shape index (κ2) is 10.3. The first-order valence-electron chi connectivity index (χ1n) is 9.91. The summed E-state index contributed by atoms with van der Waals surface area (Å²) in [6.45, 7) is 6.32. The quantitative estimate of drug-likeness (QED) is 0.448. The molecule has 2 heterocycles. The second-order valence-corrected chi connectivity index (χ2v) is 7.78. The summed E-state index contributed by atoms with van der Waals surface area (Å²) >= 11 is 1.64. The number of pyridine rings is 1. The van der Waals surface area contributed by atoms with Crippen LogP contribution < -0.4 is 5.32 Å². The largest absolute Gasteiger partial charge is 0.375 e. The molecule has 0 spiro atoms. The number of fused-ring (bicyclic) bond motifs is 1. The van der Waals surface area contributed by atoms with Gasteiger partial charge in [-0.05, 0) is 31.9 Å². The Hall–Kier alpha value is -2.51. The highest BCUT2D eigenvalue weighted by atomic mass is 32.1. The van der Waals surface area contributed by atoms with Crippen molar-refractivity contribution in [2.45, 2.75) is 32.9 Å². The molecule has 29 heavy (non-hydrogen) atoms. The molecule has 0 aliphatic carbocycles. The summed E-state index contributed by atoms with van der Waals surface area (Å²) in [6.07, 6.45) is 2.72. The van der Waals surface area contributed by atoms with E-state index < -0.39 is 0 Å². The molecule has 2 aromatic heterocycles. The predicted molar refractivity (Wildman–Crippen MR) is 120 cm³/mol. The Morgan fingerprint density at radius 1 is 1.31 bits per heavy atom. The minimum atomic E-state index is 0.0234. The van der Waals surface area contributed by atoms with Gasteiger partial charge in [0.05, 0.1) is 17.8 Å². The van der Waals surface area contributed by atoms with Crippen LogP contribution in [0.25, 0.3) is 10.9 Å². The smallest absolute Gasteiger partial charge is 0.194 e. The molecule has 0 aliphatic rings. The number of nitrogens with zero attached hydrogens (tertiary/aromatic N) is 4. The minimum Gasteiger partial charge on any atom is -0.375 e. The molecular formula is C22H29N5OS. The van der Waals surface area contributed by atoms with Gasteiger partial charge in [0, 0.05) is 44.2 Å². The van der Waals surface area contributed by atoms with Crippen LogP contribution in [-0.4, -0.2) is 48.1 Å². The number of benzene rings is 1. The number of hydrogen-bond donors (Lipinski definition) is 1. The predicted octanol–water partition coefficient (Wildman–Crippen LogP) is 4.04. The third kappa shape index (κ3) is 5.52. The molecule has 0 saturated carbocycles. The number of hydrogen-bond acceptors (Lipinski definition) is 5. The molecule has 0 amide bonds. The molecule has 1 N–H and O–H groups in total. The summed E-state index contributed by atoms with van der Waals surface area (Å²) in [4.78, 5) is 16.2. The van der Waals surface area contributed by atoms with E-state index >= 15 is 0 Å². The lowest BCUT2D eigenvalue weighted by Gasteiger charge is -2.21. The molecule has 3 rings (SSSR count). The number of aromatic nitrogens is 2. The maximum absolute atomic E-state index is 5.36. The van der Waals surface area contributed by atoms with Crippen LogP contribution in [0.15, 0.2) is 46.9 Å². The van der Waals surface area contributed by atoms with Crippen molar-refractivity contribution < 1.29 is 4.74 Å². The van der Waals surface area contributed by atoms with Gasteiger partial charge in [-0.3, -0.25) is 9.98 Å². The Bertz CT molecular complexity index is 950. The van der Waals surface area contributed by atoms with Crippen molar-refractivity contribution in [3.8, 4) is 0 Å². The fourth-order valence-corrected chi connectivity index (χ4v) is 3.96. The fourth-order valence-electron chi connectivity index (χ4n) is 3.12. The van der Waals surface area contributed by atoms with Crippen LogP contribution in [-0.2, 0) is 17.7 Å². The van der Waals surface area contributed by atoms with Crippen molar-refractivity contribution in [2.24, 2.45) is 4.99 Å². The fraction of sp³-hybridized carbons (Fsp3) is 0.409. The van der Waals surface area contributed by atoms with Gasteiger partial charge < -0.3 is 15.0 Å². The maximum Gasteiger partial charge on any atom is 0.194 e. The van der Waals surface area contributed by atoms with Crippen LogP contribution in [0, 0.1) is 0 Å². The third-order valence-electron chi connectivity index (χ3n) is 4.73. The van der Waals surface area contributed by atoms with Gasteiger partial charge in [-0.2, -0.15) is 0 Å². The molecule has 0 aliphatic heterocycles. The first-order chi connectivity index (χ1) is 14.1. The highest BCUT2D eigenvalue weighted by Gasteiger charge is 2.12. The molecular weight excluding hydrogens is 382 g/mol. The Kier molecular flexibility index (Phi) is 7.55. The topological polar surface area (TPSA) is 62.6 Å². The standard InChI is InChI=1S/C22H29N5OS/c1-5-23-22(27(3)14-19-15-29-21(26-19)16(2)28-4)25-13-11-18-9-6-8-17-10-7-12-24-20(17)18/h6-10,12,15-16H,5,11,13-14H2,1-4H3,(H,23,25). The van der Waals surface area contributed by atoms with Crippen molar-refractivity contribution >= 4 is 28.2 Å². The van der Waals surface area contributed by atoms with Gasteiger partial charge >= 0.3 is 0 Å². The molecule has 154 valence electrons. The van der Waals surface area contributed by atoms with Crippen LogP contribution in [0.1, 0.15) is 36.2 Å². The van der Waals surface area contributed by atoms with Crippen molar-refractivity contribution in [3.63, 3.8) is 0 Å². The van der Waals surface area contributed by atoms with Gasteiger partial charge in [0.1, 0.15) is 11.1 Å². The first kappa shape index (κ1) is 21.2. The summed E-state index contributed by atoms with van der Waals surface area (Å²) in [5.41, 5.74) is 3.31. The Morgan fingerprint density at radius 2 is 2.14 bits per heavy atom. The van der Waals surface area contributed by atoms with Crippen molar-refractivity contribution in [3.05, 3.63) is 58.2 Å². The number of ether oxygens (including phenoxy) is 1. The summed E-state index contributed by atoms with van der Waals surface area (Å²) in [5, 5.41) is 7.64. The van der Waals surface area contributed by atoms with Crippen LogP contribution in [0.3, 0.4) is 0 Å². The zero-order valence-corrected chi connectivity index (χ0v) is 18.4. The van der Waals surface area contributed by atoms with E-state index in [1.165, 1.54) is 10.9 Å². The lowest BCUT2D eigenvalue weighted by atomic mass is 10.1. The number of aliphatic imine (C=N–C) groups is 1. The number of nitrogens with one attached hydrogen (secondary N) is 1. The highest BCUT2D eigenvalue weighted by molar-refractivity contribution is 7.09.